The van der Waals surface area contributed by atoms with Crippen molar-refractivity contribution >= 4 is 73.4 Å². The van der Waals surface area contributed by atoms with E-state index in [1.54, 1.807) is 82.0 Å². The summed E-state index contributed by atoms with van der Waals surface area (Å²) >= 11 is 0. The lowest BCUT2D eigenvalue weighted by Crippen LogP contribution is -2.22. The standard InChI is InChI=1S/2C25H32N4O3.C24H27N5O3.C22H28N6O3/c1-5-32-25(31)23-21(16-27(2)3)28(4)20-13-18(17-9-8-10-26-14-17)24(30)19(22(20)23)15-29-11-6-7-12-29;1-5-32-25(31)23-21(16-29-11-6-7-12-29)28(4)20-13-18(17-9-8-10-26-14-17)24(30)19(22(20)23)15-27(2)3;1-5-32-24(31)22-20(14-27(2)3)28(4)19-11-17(16-7-6-8-25-12-16)23(30)18(21(19)22)13-29-10-9-26-15-29;1-5-31-21(30)19-17(12-27(2)3)28(4)16-9-14(13-7-6-8-25-10-13)20(29)15(18(16)19)11-26-22(23)24/h2*8-10,13-14,30H,5-7,11-12,15-16H2,1-4H3;6-12,15,30H,5,13-14H2,1-4H3;6-10,29H,5,11-12H2,1-4H3,(H4,23,24,26). The van der Waals surface area contributed by atoms with Gasteiger partial charge in [-0.3, -0.25) is 29.7 Å². The van der Waals surface area contributed by atoms with E-state index in [1.165, 1.54) is 12.8 Å². The summed E-state index contributed by atoms with van der Waals surface area (Å²) in [6, 6.07) is 22.7. The Balaban J connectivity index is 0.000000154. The number of fused-ring (bicyclic) bond motifs is 4. The molecule has 11 heterocycles. The molecule has 0 saturated carbocycles. The maximum absolute atomic E-state index is 13.2. The van der Waals surface area contributed by atoms with Crippen LogP contribution in [-0.4, -0.2) is 236 Å². The molecule has 0 atom stereocenters. The molecule has 0 bridgehead atoms. The van der Waals surface area contributed by atoms with Crippen molar-refractivity contribution in [1.82, 2.24) is 77.2 Å². The number of carbonyl (C=O) groups is 4. The van der Waals surface area contributed by atoms with Crippen LogP contribution in [0.15, 0.2) is 146 Å². The molecular formula is C96H119N19O12. The van der Waals surface area contributed by atoms with E-state index in [2.05, 4.69) is 48.8 Å². The summed E-state index contributed by atoms with van der Waals surface area (Å²) in [7, 11) is 23.4. The molecule has 13 aromatic rings. The number of nitrogens with two attached hydrogens (primary N) is 2. The average molecular weight is 1730 g/mol. The van der Waals surface area contributed by atoms with Gasteiger partial charge in [0.05, 0.1) is 90.2 Å². The molecule has 127 heavy (non-hydrogen) atoms. The van der Waals surface area contributed by atoms with E-state index in [0.717, 1.165) is 134 Å². The second kappa shape index (κ2) is 41.8. The molecule has 15 rings (SSSR count). The van der Waals surface area contributed by atoms with Crippen molar-refractivity contribution in [2.45, 2.75) is 106 Å². The summed E-state index contributed by atoms with van der Waals surface area (Å²) in [6.45, 7) is 16.1. The molecule has 31 nitrogen and oxygen atoms in total. The predicted octanol–water partition coefficient (Wildman–Crippen LogP) is 12.9. The number of aromatic hydroxyl groups is 4. The van der Waals surface area contributed by atoms with Crippen molar-refractivity contribution < 1.29 is 58.6 Å². The van der Waals surface area contributed by atoms with E-state index in [9.17, 15) is 39.6 Å². The number of guanidine groups is 1. The van der Waals surface area contributed by atoms with Crippen LogP contribution in [-0.2, 0) is 99.5 Å². The van der Waals surface area contributed by atoms with Crippen molar-refractivity contribution in [1.29, 1.82) is 0 Å². The Bertz CT molecular complexity index is 6080. The zero-order chi connectivity index (χ0) is 91.2. The van der Waals surface area contributed by atoms with Crippen molar-refractivity contribution in [2.75, 3.05) is 109 Å². The molecule has 8 N–H and O–H groups in total. The highest BCUT2D eigenvalue weighted by molar-refractivity contribution is 6.13. The molecule has 0 unspecified atom stereocenters. The van der Waals surface area contributed by atoms with Crippen LogP contribution in [0.25, 0.3) is 88.1 Å². The van der Waals surface area contributed by atoms with Crippen LogP contribution in [0.2, 0.25) is 0 Å². The predicted molar refractivity (Wildman–Crippen MR) is 495 cm³/mol. The molecule has 670 valence electrons. The molecular weight excluding hydrogens is 1610 g/mol. The van der Waals surface area contributed by atoms with Crippen LogP contribution in [0.3, 0.4) is 0 Å². The molecule has 0 amide bonds. The highest BCUT2D eigenvalue weighted by Crippen LogP contribution is 2.47. The van der Waals surface area contributed by atoms with Gasteiger partial charge in [0.1, 0.15) is 23.0 Å². The Morgan fingerprint density at radius 2 is 0.693 bits per heavy atom. The third-order valence-electron chi connectivity index (χ3n) is 22.9. The van der Waals surface area contributed by atoms with Crippen LogP contribution >= 0.6 is 0 Å². The Hall–Kier alpha value is -13.0. The van der Waals surface area contributed by atoms with E-state index in [4.69, 9.17) is 30.4 Å². The summed E-state index contributed by atoms with van der Waals surface area (Å²) in [5.74, 6) is -1.12. The first kappa shape index (κ1) is 93.1. The normalized spacial score (nSPS) is 12.9. The summed E-state index contributed by atoms with van der Waals surface area (Å²) in [6.07, 6.45) is 23.6. The number of aromatic nitrogens is 10. The highest BCUT2D eigenvalue weighted by Gasteiger charge is 2.35. The van der Waals surface area contributed by atoms with Gasteiger partial charge in [0.2, 0.25) is 0 Å². The van der Waals surface area contributed by atoms with Gasteiger partial charge in [-0.15, -0.1) is 0 Å². The lowest BCUT2D eigenvalue weighted by molar-refractivity contribution is 0.0516. The van der Waals surface area contributed by atoms with E-state index in [0.29, 0.717) is 120 Å². The Morgan fingerprint density at radius 1 is 0.394 bits per heavy atom. The van der Waals surface area contributed by atoms with E-state index in [-0.39, 0.29) is 60.7 Å². The topological polar surface area (TPSA) is 359 Å². The third kappa shape index (κ3) is 20.4. The molecule has 0 aliphatic carbocycles. The largest absolute Gasteiger partial charge is 0.507 e. The minimum atomic E-state index is -0.454. The molecule has 9 aromatic heterocycles. The van der Waals surface area contributed by atoms with Gasteiger partial charge in [0.25, 0.3) is 0 Å². The summed E-state index contributed by atoms with van der Waals surface area (Å²) < 4.78 is 31.7. The minimum absolute atomic E-state index is 0.00180. The number of aliphatic imine (C=N–C) groups is 1. The lowest BCUT2D eigenvalue weighted by Gasteiger charge is -2.19. The van der Waals surface area contributed by atoms with Gasteiger partial charge in [-0.25, -0.2) is 29.2 Å². The first-order chi connectivity index (χ1) is 61.0. The van der Waals surface area contributed by atoms with Crippen LogP contribution in [0, 0.1) is 0 Å². The number of imidazole rings is 1. The average Bonchev–Trinajstić information content (AvgIpc) is 1.61. The number of hydrogen-bond donors (Lipinski definition) is 6. The quantitative estimate of drug-likeness (QED) is 0.0115. The second-order valence-electron chi connectivity index (χ2n) is 32.8. The first-order valence-electron chi connectivity index (χ1n) is 42.8. The van der Waals surface area contributed by atoms with E-state index >= 15 is 0 Å². The van der Waals surface area contributed by atoms with Crippen LogP contribution in [0.1, 0.15) is 140 Å². The second-order valence-corrected chi connectivity index (χ2v) is 32.8. The molecule has 31 heteroatoms. The fourth-order valence-corrected chi connectivity index (χ4v) is 17.1. The van der Waals surface area contributed by atoms with Gasteiger partial charge in [0.15, 0.2) is 5.96 Å². The van der Waals surface area contributed by atoms with Crippen molar-refractivity contribution in [3.63, 3.8) is 0 Å². The van der Waals surface area contributed by atoms with E-state index in [1.807, 2.05) is 205 Å². The number of rotatable bonds is 28. The van der Waals surface area contributed by atoms with Crippen molar-refractivity contribution in [3.05, 3.63) is 208 Å². The van der Waals surface area contributed by atoms with Gasteiger partial charge in [0, 0.05) is 241 Å². The number of ether oxygens (including phenoxy) is 4. The molecule has 0 spiro atoms. The maximum Gasteiger partial charge on any atom is 0.340 e. The number of nitrogens with zero attached hydrogens (tertiary/aromatic N) is 17. The smallest absolute Gasteiger partial charge is 0.340 e. The number of pyridine rings is 4. The number of likely N-dealkylation sites (tertiary alicyclic amines) is 2. The van der Waals surface area contributed by atoms with Crippen LogP contribution < -0.4 is 11.5 Å². The zero-order valence-electron chi connectivity index (χ0n) is 75.7. The van der Waals surface area contributed by atoms with Gasteiger partial charge in [-0.1, -0.05) is 24.3 Å². The number of benzene rings is 4. The molecule has 0 radical (unpaired) electrons. The molecule has 2 aliphatic heterocycles. The lowest BCUT2D eigenvalue weighted by atomic mass is 9.96. The molecule has 2 saturated heterocycles. The molecule has 2 aliphatic rings. The molecule has 4 aromatic carbocycles. The number of esters is 4. The Labute approximate surface area is 740 Å². The van der Waals surface area contributed by atoms with Gasteiger partial charge in [-0.05, 0) is 184 Å². The van der Waals surface area contributed by atoms with Crippen LogP contribution in [0.4, 0.5) is 0 Å². The van der Waals surface area contributed by atoms with E-state index < -0.39 is 11.9 Å². The molecule has 2 fully saturated rings. The van der Waals surface area contributed by atoms with Crippen molar-refractivity contribution in [3.8, 4) is 67.5 Å². The van der Waals surface area contributed by atoms with Gasteiger partial charge >= 0.3 is 23.9 Å². The van der Waals surface area contributed by atoms with Crippen molar-refractivity contribution in [2.24, 2.45) is 44.7 Å². The summed E-state index contributed by atoms with van der Waals surface area (Å²) in [5.41, 5.74) is 28.5. The maximum atomic E-state index is 13.2. The third-order valence-corrected chi connectivity index (χ3v) is 22.9. The minimum Gasteiger partial charge on any atom is -0.507 e. The number of phenolic OH excluding ortho intramolecular Hbond substituents is 4. The number of carbonyl (C=O) groups excluding carboxylic acids is 4. The van der Waals surface area contributed by atoms with Gasteiger partial charge in [-0.2, -0.15) is 0 Å². The monoisotopic (exact) mass is 1730 g/mol. The summed E-state index contributed by atoms with van der Waals surface area (Å²) in [5, 5.41) is 48.4. The number of aryl methyl sites for hydroxylation is 4. The fraction of sp³-hybridized carbons (Fsp3) is 0.375. The zero-order valence-corrected chi connectivity index (χ0v) is 75.7. The Kier molecular flexibility index (Phi) is 30.7. The highest BCUT2D eigenvalue weighted by atomic mass is 16.5. The first-order valence-corrected chi connectivity index (χ1v) is 42.8. The van der Waals surface area contributed by atoms with Crippen LogP contribution in [0.5, 0.6) is 23.0 Å². The SMILES string of the molecule is CCOC(=O)c1c(CN(C)C)n(C)c2cc(-c3cccnc3)c(O)c(CN3CCCC3)c12.CCOC(=O)c1c(CN(C)C)n(C)c2cc(-c3cccnc3)c(O)c(CN=C(N)N)c12.CCOC(=O)c1c(CN(C)C)n(C)c2cc(-c3cccnc3)c(O)c(Cn3ccnc3)c12.CCOC(=O)c1c(CN2CCCC2)n(C)c2cc(-c3cccnc3)c(O)c(CN(C)C)c12. The Morgan fingerprint density at radius 3 is 1.00 bits per heavy atom. The van der Waals surface area contributed by atoms with Gasteiger partial charge < -0.3 is 93.3 Å². The number of hydrogen-bond acceptors (Lipinski definition) is 24. The number of phenols is 4. The fourth-order valence-electron chi connectivity index (χ4n) is 17.1. The summed E-state index contributed by atoms with van der Waals surface area (Å²) in [4.78, 5) is 90.3.